The first-order valence-corrected chi connectivity index (χ1v) is 6.95. The Morgan fingerprint density at radius 2 is 2.29 bits per heavy atom. The maximum atomic E-state index is 12.4. The lowest BCUT2D eigenvalue weighted by molar-refractivity contribution is -0.0855. The number of hydrogen-bond acceptors (Lipinski definition) is 5. The molecule has 1 aliphatic rings. The van der Waals surface area contributed by atoms with Crippen LogP contribution in [0.1, 0.15) is 10.4 Å². The van der Waals surface area contributed by atoms with E-state index in [4.69, 9.17) is 9.47 Å². The summed E-state index contributed by atoms with van der Waals surface area (Å²) in [6.45, 7) is 1.45. The van der Waals surface area contributed by atoms with Gasteiger partial charge >= 0.3 is 5.51 Å². The zero-order valence-electron chi connectivity index (χ0n) is 10.9. The number of carbonyl (C=O) groups excluding carboxylic acids is 1. The monoisotopic (exact) mass is 322 g/mol. The second kappa shape index (κ2) is 7.10. The van der Waals surface area contributed by atoms with Crippen molar-refractivity contribution >= 4 is 17.7 Å². The number of alkyl halides is 3. The van der Waals surface area contributed by atoms with Gasteiger partial charge in [0.15, 0.2) is 0 Å². The average Bonchev–Trinajstić information content (AvgIpc) is 2.45. The molecule has 1 saturated heterocycles. The predicted molar refractivity (Wildman–Crippen MR) is 69.0 cm³/mol. The standard InChI is InChI=1S/C12H13F3N2O3S/c13-12(14,15)21-11-9(2-1-3-16-11)10(18)17-6-8-7-19-4-5-20-8/h1-3,8H,4-7H2,(H,17,18)/t8-/m1/s1. The largest absolute Gasteiger partial charge is 0.447 e. The van der Waals surface area contributed by atoms with Gasteiger partial charge in [0, 0.05) is 24.5 Å². The van der Waals surface area contributed by atoms with E-state index in [-0.39, 0.29) is 23.2 Å². The van der Waals surface area contributed by atoms with Crippen LogP contribution in [-0.4, -0.2) is 48.9 Å². The van der Waals surface area contributed by atoms with Crippen LogP contribution in [0.15, 0.2) is 23.4 Å². The summed E-state index contributed by atoms with van der Waals surface area (Å²) in [4.78, 5) is 15.6. The van der Waals surface area contributed by atoms with E-state index in [1.165, 1.54) is 18.3 Å². The molecule has 9 heteroatoms. The summed E-state index contributed by atoms with van der Waals surface area (Å²) >= 11 is -0.411. The third kappa shape index (κ3) is 5.18. The Hall–Kier alpha value is -1.32. The molecule has 1 atom stereocenters. The summed E-state index contributed by atoms with van der Waals surface area (Å²) < 4.78 is 47.8. The Bertz CT molecular complexity index is 493. The van der Waals surface area contributed by atoms with Gasteiger partial charge < -0.3 is 14.8 Å². The number of halogens is 3. The third-order valence-electron chi connectivity index (χ3n) is 2.60. The van der Waals surface area contributed by atoms with Crippen LogP contribution < -0.4 is 5.32 Å². The molecule has 2 heterocycles. The van der Waals surface area contributed by atoms with Gasteiger partial charge in [-0.1, -0.05) is 0 Å². The molecular formula is C12H13F3N2O3S. The van der Waals surface area contributed by atoms with E-state index in [2.05, 4.69) is 10.3 Å². The highest BCUT2D eigenvalue weighted by Gasteiger charge is 2.32. The molecular weight excluding hydrogens is 309 g/mol. The van der Waals surface area contributed by atoms with Gasteiger partial charge in [-0.05, 0) is 12.1 Å². The second-order valence-corrected chi connectivity index (χ2v) is 5.24. The SMILES string of the molecule is O=C(NC[C@@H]1COCCO1)c1cccnc1SC(F)(F)F. The smallest absolute Gasteiger partial charge is 0.376 e. The Kier molecular flexibility index (Phi) is 5.43. The molecule has 1 aromatic rings. The van der Waals surface area contributed by atoms with Gasteiger partial charge in [-0.25, -0.2) is 4.98 Å². The highest BCUT2D eigenvalue weighted by Crippen LogP contribution is 2.37. The van der Waals surface area contributed by atoms with Crippen molar-refractivity contribution in [3.8, 4) is 0 Å². The first-order valence-electron chi connectivity index (χ1n) is 6.14. The number of pyridine rings is 1. The summed E-state index contributed by atoms with van der Waals surface area (Å²) in [6.07, 6.45) is 0.918. The summed E-state index contributed by atoms with van der Waals surface area (Å²) in [6, 6.07) is 2.71. The first-order chi connectivity index (χ1) is 9.96. The van der Waals surface area contributed by atoms with Crippen molar-refractivity contribution in [2.75, 3.05) is 26.4 Å². The number of nitrogens with one attached hydrogen (secondary N) is 1. The van der Waals surface area contributed by atoms with Gasteiger partial charge in [-0.15, -0.1) is 0 Å². The van der Waals surface area contributed by atoms with Crippen LogP contribution in [0, 0.1) is 0 Å². The van der Waals surface area contributed by atoms with Crippen LogP contribution in [-0.2, 0) is 9.47 Å². The fraction of sp³-hybridized carbons (Fsp3) is 0.500. The van der Waals surface area contributed by atoms with Gasteiger partial charge in [-0.3, -0.25) is 4.79 Å². The molecule has 1 fully saturated rings. The molecule has 1 amide bonds. The molecule has 0 radical (unpaired) electrons. The molecule has 1 N–H and O–H groups in total. The normalized spacial score (nSPS) is 19.3. The van der Waals surface area contributed by atoms with Gasteiger partial charge in [-0.2, -0.15) is 13.2 Å². The lowest BCUT2D eigenvalue weighted by atomic mass is 10.2. The van der Waals surface area contributed by atoms with E-state index in [0.717, 1.165) is 0 Å². The topological polar surface area (TPSA) is 60.5 Å². The average molecular weight is 322 g/mol. The van der Waals surface area contributed by atoms with Crippen LogP contribution in [0.3, 0.4) is 0 Å². The van der Waals surface area contributed by atoms with Crippen LogP contribution in [0.25, 0.3) is 0 Å². The summed E-state index contributed by atoms with van der Waals surface area (Å²) in [5.41, 5.74) is -4.61. The molecule has 1 aromatic heterocycles. The maximum absolute atomic E-state index is 12.4. The molecule has 0 spiro atoms. The number of hydrogen-bond donors (Lipinski definition) is 1. The van der Waals surface area contributed by atoms with Crippen molar-refractivity contribution in [3.63, 3.8) is 0 Å². The zero-order valence-corrected chi connectivity index (χ0v) is 11.7. The highest BCUT2D eigenvalue weighted by molar-refractivity contribution is 8.00. The molecule has 2 rings (SSSR count). The van der Waals surface area contributed by atoms with Gasteiger partial charge in [0.25, 0.3) is 5.91 Å². The molecule has 0 saturated carbocycles. The van der Waals surface area contributed by atoms with E-state index in [9.17, 15) is 18.0 Å². The highest BCUT2D eigenvalue weighted by atomic mass is 32.2. The predicted octanol–water partition coefficient (Wildman–Crippen LogP) is 1.84. The van der Waals surface area contributed by atoms with Crippen molar-refractivity contribution in [1.29, 1.82) is 0 Å². The fourth-order valence-electron chi connectivity index (χ4n) is 1.71. The summed E-state index contributed by atoms with van der Waals surface area (Å²) in [5.74, 6) is -0.621. The molecule has 21 heavy (non-hydrogen) atoms. The molecule has 5 nitrogen and oxygen atoms in total. The quantitative estimate of drug-likeness (QED) is 0.857. The fourth-order valence-corrected chi connectivity index (χ4v) is 2.31. The minimum absolute atomic E-state index is 0.114. The van der Waals surface area contributed by atoms with Crippen LogP contribution >= 0.6 is 11.8 Å². The second-order valence-electron chi connectivity index (χ2n) is 4.18. The first kappa shape index (κ1) is 16.1. The number of ether oxygens (including phenoxy) is 2. The van der Waals surface area contributed by atoms with Crippen molar-refractivity contribution in [2.45, 2.75) is 16.6 Å². The van der Waals surface area contributed by atoms with Crippen LogP contribution in [0.4, 0.5) is 13.2 Å². The minimum Gasteiger partial charge on any atom is -0.376 e. The molecule has 1 aliphatic heterocycles. The van der Waals surface area contributed by atoms with Crippen molar-refractivity contribution < 1.29 is 27.4 Å². The Balaban J connectivity index is 1.98. The lowest BCUT2D eigenvalue weighted by Gasteiger charge is -2.23. The summed E-state index contributed by atoms with van der Waals surface area (Å²) in [7, 11) is 0. The Morgan fingerprint density at radius 3 is 2.95 bits per heavy atom. The molecule has 0 bridgehead atoms. The van der Waals surface area contributed by atoms with Gasteiger partial charge in [0.1, 0.15) is 5.03 Å². The van der Waals surface area contributed by atoms with Crippen LogP contribution in [0.5, 0.6) is 0 Å². The minimum atomic E-state index is -4.50. The maximum Gasteiger partial charge on any atom is 0.447 e. The number of carbonyl (C=O) groups is 1. The van der Waals surface area contributed by atoms with E-state index >= 15 is 0 Å². The molecule has 0 aromatic carbocycles. The third-order valence-corrected chi connectivity index (χ3v) is 3.35. The van der Waals surface area contributed by atoms with Crippen molar-refractivity contribution in [3.05, 3.63) is 23.9 Å². The number of thioether (sulfide) groups is 1. The number of nitrogens with zero attached hydrogens (tertiary/aromatic N) is 1. The lowest BCUT2D eigenvalue weighted by Crippen LogP contribution is -2.39. The van der Waals surface area contributed by atoms with E-state index in [1.54, 1.807) is 0 Å². The van der Waals surface area contributed by atoms with Gasteiger partial charge in [0.2, 0.25) is 0 Å². The Morgan fingerprint density at radius 1 is 1.48 bits per heavy atom. The number of amides is 1. The van der Waals surface area contributed by atoms with Gasteiger partial charge in [0.05, 0.1) is 31.5 Å². The number of rotatable bonds is 4. The van der Waals surface area contributed by atoms with Crippen molar-refractivity contribution in [2.24, 2.45) is 0 Å². The van der Waals surface area contributed by atoms with E-state index < -0.39 is 23.2 Å². The van der Waals surface area contributed by atoms with E-state index in [0.29, 0.717) is 19.8 Å². The van der Waals surface area contributed by atoms with E-state index in [1.807, 2.05) is 0 Å². The zero-order chi connectivity index (χ0) is 15.3. The van der Waals surface area contributed by atoms with Crippen molar-refractivity contribution in [1.82, 2.24) is 10.3 Å². The Labute approximate surface area is 123 Å². The molecule has 0 aliphatic carbocycles. The number of aromatic nitrogens is 1. The molecule has 0 unspecified atom stereocenters. The molecule has 116 valence electrons. The summed E-state index contributed by atoms with van der Waals surface area (Å²) in [5, 5.41) is 2.16. The van der Waals surface area contributed by atoms with Crippen LogP contribution in [0.2, 0.25) is 0 Å².